The summed E-state index contributed by atoms with van der Waals surface area (Å²) in [5.41, 5.74) is 0.362. The van der Waals surface area contributed by atoms with E-state index in [0.29, 0.717) is 34.3 Å². The van der Waals surface area contributed by atoms with Crippen LogP contribution in [0.5, 0.6) is 0 Å². The van der Waals surface area contributed by atoms with Crippen LogP contribution in [0.3, 0.4) is 0 Å². The molecule has 4 rings (SSSR count). The normalized spacial score (nSPS) is 51.7. The first-order chi connectivity index (χ1) is 13.2. The van der Waals surface area contributed by atoms with Gasteiger partial charge in [-0.2, -0.15) is 12.6 Å². The monoisotopic (exact) mass is 408 g/mol. The maximum Gasteiger partial charge on any atom is 0.303 e. The standard InChI is InChI=1S/C24H40O3S/c1-14(4-9-22(26)27)18-7-8-19-17-6-5-15-12-16(28)10-11-23(15,2)20(17)13-21(25)24(18,19)3/h14-21,25,28H,4-13H2,1-3H3,(H,26,27)/t14-,15-,16+,17+,18-,19+,20+,21+,23+,24-/m1/s1. The van der Waals surface area contributed by atoms with E-state index in [0.717, 1.165) is 24.7 Å². The van der Waals surface area contributed by atoms with Gasteiger partial charge in [0.2, 0.25) is 0 Å². The molecule has 0 bridgehead atoms. The summed E-state index contributed by atoms with van der Waals surface area (Å²) >= 11 is 4.80. The Bertz CT molecular complexity index is 609. The first kappa shape index (κ1) is 21.0. The Morgan fingerprint density at radius 1 is 1.11 bits per heavy atom. The molecule has 4 saturated carbocycles. The van der Waals surface area contributed by atoms with Crippen LogP contribution in [0.2, 0.25) is 0 Å². The van der Waals surface area contributed by atoms with Crippen molar-refractivity contribution in [3.63, 3.8) is 0 Å². The van der Waals surface area contributed by atoms with E-state index < -0.39 is 5.97 Å². The van der Waals surface area contributed by atoms with E-state index in [9.17, 15) is 9.90 Å². The van der Waals surface area contributed by atoms with Crippen molar-refractivity contribution in [2.24, 2.45) is 46.3 Å². The molecule has 0 aliphatic heterocycles. The molecular weight excluding hydrogens is 368 g/mol. The molecule has 0 saturated heterocycles. The topological polar surface area (TPSA) is 57.5 Å². The van der Waals surface area contributed by atoms with E-state index in [2.05, 4.69) is 20.8 Å². The first-order valence-electron chi connectivity index (χ1n) is 11.8. The lowest BCUT2D eigenvalue weighted by atomic mass is 9.44. The Labute approximate surface area is 176 Å². The number of carboxylic acids is 1. The summed E-state index contributed by atoms with van der Waals surface area (Å²) in [6.07, 6.45) is 10.6. The predicted molar refractivity (Wildman–Crippen MR) is 115 cm³/mol. The fourth-order valence-electron chi connectivity index (χ4n) is 8.71. The van der Waals surface area contributed by atoms with E-state index in [1.54, 1.807) is 0 Å². The minimum atomic E-state index is -0.693. The number of aliphatic carboxylic acids is 1. The van der Waals surface area contributed by atoms with Crippen LogP contribution in [-0.2, 0) is 4.79 Å². The van der Waals surface area contributed by atoms with Crippen LogP contribution in [0.15, 0.2) is 0 Å². The van der Waals surface area contributed by atoms with Gasteiger partial charge in [-0.1, -0.05) is 20.8 Å². The summed E-state index contributed by atoms with van der Waals surface area (Å²) < 4.78 is 0. The quantitative estimate of drug-likeness (QED) is 0.545. The summed E-state index contributed by atoms with van der Waals surface area (Å²) in [5.74, 6) is 2.96. The summed E-state index contributed by atoms with van der Waals surface area (Å²) in [5, 5.41) is 21.2. The fraction of sp³-hybridized carbons (Fsp3) is 0.958. The molecule has 4 aliphatic carbocycles. The minimum Gasteiger partial charge on any atom is -0.481 e. The van der Waals surface area contributed by atoms with E-state index in [4.69, 9.17) is 17.7 Å². The maximum absolute atomic E-state index is 11.5. The van der Waals surface area contributed by atoms with Crippen molar-refractivity contribution in [2.45, 2.75) is 96.3 Å². The molecule has 3 nitrogen and oxygen atoms in total. The number of rotatable bonds is 4. The summed E-state index contributed by atoms with van der Waals surface area (Å²) in [6, 6.07) is 0. The molecule has 160 valence electrons. The molecule has 4 heteroatoms. The van der Waals surface area contributed by atoms with Crippen molar-refractivity contribution in [2.75, 3.05) is 0 Å². The smallest absolute Gasteiger partial charge is 0.303 e. The lowest BCUT2D eigenvalue weighted by molar-refractivity contribution is -0.167. The summed E-state index contributed by atoms with van der Waals surface area (Å²) in [6.45, 7) is 7.12. The highest BCUT2D eigenvalue weighted by atomic mass is 32.1. The molecule has 0 aromatic carbocycles. The molecular formula is C24H40O3S. The number of aliphatic hydroxyl groups is 1. The average Bonchev–Trinajstić information content (AvgIpc) is 3.00. The third-order valence-corrected chi connectivity index (χ3v) is 10.8. The molecule has 0 aromatic heterocycles. The van der Waals surface area contributed by atoms with Gasteiger partial charge in [0.25, 0.3) is 0 Å². The van der Waals surface area contributed by atoms with E-state index in [1.807, 2.05) is 0 Å². The van der Waals surface area contributed by atoms with Gasteiger partial charge in [0.15, 0.2) is 0 Å². The van der Waals surface area contributed by atoms with Crippen LogP contribution in [0.25, 0.3) is 0 Å². The van der Waals surface area contributed by atoms with Gasteiger partial charge in [0.1, 0.15) is 0 Å². The van der Waals surface area contributed by atoms with Gasteiger partial charge in [0.05, 0.1) is 6.10 Å². The van der Waals surface area contributed by atoms with Gasteiger partial charge < -0.3 is 10.2 Å². The highest BCUT2D eigenvalue weighted by Gasteiger charge is 2.63. The van der Waals surface area contributed by atoms with Crippen molar-refractivity contribution in [3.05, 3.63) is 0 Å². The molecule has 4 fully saturated rings. The van der Waals surface area contributed by atoms with Gasteiger partial charge in [-0.25, -0.2) is 0 Å². The van der Waals surface area contributed by atoms with Gasteiger partial charge >= 0.3 is 5.97 Å². The number of aliphatic hydroxyl groups excluding tert-OH is 1. The second kappa shape index (κ2) is 7.48. The van der Waals surface area contributed by atoms with Crippen molar-refractivity contribution < 1.29 is 15.0 Å². The number of hydrogen-bond donors (Lipinski definition) is 3. The number of fused-ring (bicyclic) bond motifs is 5. The van der Waals surface area contributed by atoms with Crippen molar-refractivity contribution in [1.82, 2.24) is 0 Å². The van der Waals surface area contributed by atoms with Crippen LogP contribution < -0.4 is 0 Å². The second-order valence-corrected chi connectivity index (χ2v) is 12.0. The van der Waals surface area contributed by atoms with Gasteiger partial charge in [-0.15, -0.1) is 0 Å². The van der Waals surface area contributed by atoms with Gasteiger partial charge in [-0.3, -0.25) is 4.79 Å². The first-order valence-corrected chi connectivity index (χ1v) is 12.3. The second-order valence-electron chi connectivity index (χ2n) is 11.3. The zero-order valence-electron chi connectivity index (χ0n) is 17.9. The van der Waals surface area contributed by atoms with Crippen LogP contribution in [-0.4, -0.2) is 27.5 Å². The van der Waals surface area contributed by atoms with E-state index in [-0.39, 0.29) is 17.9 Å². The van der Waals surface area contributed by atoms with Crippen molar-refractivity contribution in [3.8, 4) is 0 Å². The average molecular weight is 409 g/mol. The van der Waals surface area contributed by atoms with Crippen LogP contribution >= 0.6 is 12.6 Å². The zero-order chi connectivity index (χ0) is 20.3. The fourth-order valence-corrected chi connectivity index (χ4v) is 9.10. The van der Waals surface area contributed by atoms with Crippen molar-refractivity contribution >= 4 is 18.6 Å². The number of carbonyl (C=O) groups is 1. The third-order valence-electron chi connectivity index (χ3n) is 10.3. The molecule has 0 heterocycles. The minimum absolute atomic E-state index is 0.0248. The number of hydrogen-bond acceptors (Lipinski definition) is 3. The van der Waals surface area contributed by atoms with E-state index >= 15 is 0 Å². The molecule has 0 unspecified atom stereocenters. The highest BCUT2D eigenvalue weighted by Crippen LogP contribution is 2.68. The lowest BCUT2D eigenvalue weighted by Crippen LogP contribution is -2.58. The Morgan fingerprint density at radius 3 is 2.57 bits per heavy atom. The molecule has 4 aliphatic rings. The van der Waals surface area contributed by atoms with E-state index in [1.165, 1.54) is 44.9 Å². The largest absolute Gasteiger partial charge is 0.481 e. The Balaban J connectivity index is 1.56. The van der Waals surface area contributed by atoms with Crippen LogP contribution in [0, 0.1) is 46.3 Å². The molecule has 0 amide bonds. The number of thiol groups is 1. The Kier molecular flexibility index (Phi) is 5.62. The van der Waals surface area contributed by atoms with Gasteiger partial charge in [0, 0.05) is 11.7 Å². The lowest BCUT2D eigenvalue weighted by Gasteiger charge is -2.62. The summed E-state index contributed by atoms with van der Waals surface area (Å²) in [7, 11) is 0. The Hall–Kier alpha value is -0.220. The molecule has 0 aromatic rings. The predicted octanol–water partition coefficient (Wildman–Crippen LogP) is 5.42. The molecule has 0 spiro atoms. The molecule has 2 N–H and O–H groups in total. The number of carboxylic acid groups (broad SMARTS) is 1. The molecule has 10 atom stereocenters. The van der Waals surface area contributed by atoms with Crippen molar-refractivity contribution in [1.29, 1.82) is 0 Å². The zero-order valence-corrected chi connectivity index (χ0v) is 18.8. The maximum atomic E-state index is 11.5. The van der Waals surface area contributed by atoms with Crippen LogP contribution in [0.4, 0.5) is 0 Å². The molecule has 0 radical (unpaired) electrons. The van der Waals surface area contributed by atoms with Crippen LogP contribution in [0.1, 0.15) is 85.0 Å². The molecule has 28 heavy (non-hydrogen) atoms. The van der Waals surface area contributed by atoms with Gasteiger partial charge in [-0.05, 0) is 104 Å². The third kappa shape index (κ3) is 3.16. The Morgan fingerprint density at radius 2 is 1.86 bits per heavy atom. The summed E-state index contributed by atoms with van der Waals surface area (Å²) in [4.78, 5) is 11.1. The SMILES string of the molecule is C[C@H](CCC(=O)O)[C@H]1CC[C@H]2[C@@H]3CC[C@@H]4C[C@@H](S)CC[C@]4(C)[C@H]3C[C@H](O)[C@]12C. The highest BCUT2D eigenvalue weighted by molar-refractivity contribution is 7.80.